The van der Waals surface area contributed by atoms with Gasteiger partial charge in [-0.2, -0.15) is 0 Å². The first-order valence-corrected chi connectivity index (χ1v) is 7.14. The van der Waals surface area contributed by atoms with Crippen molar-refractivity contribution in [2.75, 3.05) is 0 Å². The first-order chi connectivity index (χ1) is 10.1. The van der Waals surface area contributed by atoms with E-state index in [9.17, 15) is 4.79 Å². The van der Waals surface area contributed by atoms with Gasteiger partial charge in [0.1, 0.15) is 0 Å². The summed E-state index contributed by atoms with van der Waals surface area (Å²) in [5, 5.41) is 0. The summed E-state index contributed by atoms with van der Waals surface area (Å²) >= 11 is 0. The summed E-state index contributed by atoms with van der Waals surface area (Å²) in [4.78, 5) is 11.8. The van der Waals surface area contributed by atoms with Gasteiger partial charge in [0, 0.05) is 18.1 Å². The number of allylic oxidation sites excluding steroid dienone is 1. The Balaban J connectivity index is 2.24. The first-order valence-electron chi connectivity index (χ1n) is 7.14. The number of hydrogen-bond acceptors (Lipinski definition) is 2. The van der Waals surface area contributed by atoms with Gasteiger partial charge >= 0.3 is 5.97 Å². The Kier molecular flexibility index (Phi) is 3.38. The predicted molar refractivity (Wildman–Crippen MR) is 82.7 cm³/mol. The summed E-state index contributed by atoms with van der Waals surface area (Å²) in [5.74, 6) is -0.269. The number of benzene rings is 2. The van der Waals surface area contributed by atoms with Gasteiger partial charge in [0.2, 0.25) is 0 Å². The van der Waals surface area contributed by atoms with Crippen LogP contribution in [0.3, 0.4) is 0 Å². The molecule has 0 amide bonds. The molecule has 0 saturated heterocycles. The molecule has 0 aliphatic heterocycles. The Labute approximate surface area is 125 Å². The zero-order chi connectivity index (χ0) is 14.9. The van der Waals surface area contributed by atoms with Crippen LogP contribution in [0.25, 0.3) is 0 Å². The molecular formula is C19H18O2. The number of ether oxygens (including phenoxy) is 1. The highest BCUT2D eigenvalue weighted by atomic mass is 16.6. The van der Waals surface area contributed by atoms with Crippen molar-refractivity contribution in [1.29, 1.82) is 0 Å². The van der Waals surface area contributed by atoms with Gasteiger partial charge in [-0.3, -0.25) is 4.79 Å². The highest BCUT2D eigenvalue weighted by Gasteiger charge is 2.47. The average molecular weight is 278 g/mol. The van der Waals surface area contributed by atoms with Crippen LogP contribution in [0.2, 0.25) is 0 Å². The Bertz CT molecular complexity index is 645. The monoisotopic (exact) mass is 278 g/mol. The third-order valence-corrected chi connectivity index (χ3v) is 3.91. The minimum atomic E-state index is -0.779. The van der Waals surface area contributed by atoms with Crippen LogP contribution in [-0.4, -0.2) is 5.97 Å². The zero-order valence-electron chi connectivity index (χ0n) is 12.3. The summed E-state index contributed by atoms with van der Waals surface area (Å²) in [6.45, 7) is 3.57. The molecule has 2 heteroatoms. The van der Waals surface area contributed by atoms with Crippen LogP contribution in [0, 0.1) is 0 Å². The number of esters is 1. The number of carbonyl (C=O) groups is 1. The standard InChI is InChI=1S/C19H18O2/c1-14-13-18(14)19(21-15(2)20,16-9-5-3-6-10-16)17-11-7-4-8-12-17/h3-12H,13H2,1-2H3. The maximum atomic E-state index is 11.8. The van der Waals surface area contributed by atoms with Crippen molar-refractivity contribution in [3.8, 4) is 0 Å². The Morgan fingerprint density at radius 2 is 1.38 bits per heavy atom. The third kappa shape index (κ3) is 2.38. The van der Waals surface area contributed by atoms with E-state index < -0.39 is 5.60 Å². The smallest absolute Gasteiger partial charge is 0.304 e. The van der Waals surface area contributed by atoms with Crippen molar-refractivity contribution < 1.29 is 9.53 Å². The molecule has 0 spiro atoms. The first kappa shape index (κ1) is 13.6. The molecule has 0 bridgehead atoms. The van der Waals surface area contributed by atoms with E-state index in [4.69, 9.17) is 4.74 Å². The molecule has 2 nitrogen and oxygen atoms in total. The summed E-state index contributed by atoms with van der Waals surface area (Å²) in [7, 11) is 0. The molecule has 0 fully saturated rings. The summed E-state index contributed by atoms with van der Waals surface area (Å²) < 4.78 is 5.91. The minimum Gasteiger partial charge on any atom is -0.445 e. The van der Waals surface area contributed by atoms with Crippen LogP contribution >= 0.6 is 0 Å². The Morgan fingerprint density at radius 3 is 1.71 bits per heavy atom. The van der Waals surface area contributed by atoms with E-state index in [0.29, 0.717) is 0 Å². The van der Waals surface area contributed by atoms with Crippen molar-refractivity contribution in [3.63, 3.8) is 0 Å². The molecule has 3 rings (SSSR count). The van der Waals surface area contributed by atoms with Crippen molar-refractivity contribution in [3.05, 3.63) is 82.9 Å². The van der Waals surface area contributed by atoms with Gasteiger partial charge in [0.25, 0.3) is 0 Å². The van der Waals surface area contributed by atoms with E-state index in [-0.39, 0.29) is 5.97 Å². The molecule has 0 radical (unpaired) electrons. The van der Waals surface area contributed by atoms with Crippen molar-refractivity contribution in [2.24, 2.45) is 0 Å². The van der Waals surface area contributed by atoms with Crippen LogP contribution in [-0.2, 0) is 15.1 Å². The fraction of sp³-hybridized carbons (Fsp3) is 0.211. The quantitative estimate of drug-likeness (QED) is 0.618. The lowest BCUT2D eigenvalue weighted by Crippen LogP contribution is -2.32. The summed E-state index contributed by atoms with van der Waals surface area (Å²) in [6.07, 6.45) is 0.914. The largest absolute Gasteiger partial charge is 0.445 e. The summed E-state index contributed by atoms with van der Waals surface area (Å²) in [6, 6.07) is 20.0. The van der Waals surface area contributed by atoms with E-state index in [1.807, 2.05) is 60.7 Å². The number of rotatable bonds is 4. The van der Waals surface area contributed by atoms with Crippen molar-refractivity contribution in [1.82, 2.24) is 0 Å². The topological polar surface area (TPSA) is 26.3 Å². The molecule has 0 heterocycles. The molecule has 106 valence electrons. The second-order valence-electron chi connectivity index (χ2n) is 5.44. The normalized spacial score (nSPS) is 14.0. The van der Waals surface area contributed by atoms with Crippen LogP contribution in [0.1, 0.15) is 31.4 Å². The van der Waals surface area contributed by atoms with E-state index in [2.05, 4.69) is 6.92 Å². The summed E-state index contributed by atoms with van der Waals surface area (Å²) in [5.41, 5.74) is 3.70. The van der Waals surface area contributed by atoms with Gasteiger partial charge in [-0.1, -0.05) is 66.2 Å². The molecule has 2 aromatic rings. The molecule has 1 aliphatic rings. The molecule has 2 aromatic carbocycles. The van der Waals surface area contributed by atoms with Crippen LogP contribution in [0.4, 0.5) is 0 Å². The minimum absolute atomic E-state index is 0.269. The fourth-order valence-corrected chi connectivity index (χ4v) is 2.90. The fourth-order valence-electron chi connectivity index (χ4n) is 2.90. The van der Waals surface area contributed by atoms with Crippen molar-refractivity contribution >= 4 is 5.97 Å². The SMILES string of the molecule is CC(=O)OC(C1=C(C)C1)(c1ccccc1)c1ccccc1. The molecule has 0 saturated carbocycles. The lowest BCUT2D eigenvalue weighted by atomic mass is 9.83. The van der Waals surface area contributed by atoms with E-state index in [0.717, 1.165) is 17.5 Å². The van der Waals surface area contributed by atoms with Gasteiger partial charge in [-0.05, 0) is 18.9 Å². The third-order valence-electron chi connectivity index (χ3n) is 3.91. The van der Waals surface area contributed by atoms with Gasteiger partial charge in [-0.25, -0.2) is 0 Å². The van der Waals surface area contributed by atoms with Gasteiger partial charge < -0.3 is 4.74 Å². The average Bonchev–Trinajstić information content (AvgIpc) is 3.24. The number of hydrogen-bond donors (Lipinski definition) is 0. The lowest BCUT2D eigenvalue weighted by molar-refractivity contribution is -0.150. The van der Waals surface area contributed by atoms with E-state index >= 15 is 0 Å². The van der Waals surface area contributed by atoms with Crippen LogP contribution < -0.4 is 0 Å². The highest BCUT2D eigenvalue weighted by molar-refractivity contribution is 5.70. The molecule has 0 N–H and O–H groups in total. The van der Waals surface area contributed by atoms with Crippen molar-refractivity contribution in [2.45, 2.75) is 25.9 Å². The molecule has 1 aliphatic carbocycles. The molecule has 0 unspecified atom stereocenters. The molecular weight excluding hydrogens is 260 g/mol. The maximum absolute atomic E-state index is 11.8. The van der Waals surface area contributed by atoms with Crippen LogP contribution in [0.15, 0.2) is 71.8 Å². The molecule has 0 aromatic heterocycles. The van der Waals surface area contributed by atoms with Gasteiger partial charge in [0.05, 0.1) is 0 Å². The Morgan fingerprint density at radius 1 is 0.952 bits per heavy atom. The highest BCUT2D eigenvalue weighted by Crippen LogP contribution is 2.51. The second kappa shape index (κ2) is 5.21. The Hall–Kier alpha value is -2.35. The zero-order valence-corrected chi connectivity index (χ0v) is 12.3. The maximum Gasteiger partial charge on any atom is 0.304 e. The molecule has 0 atom stereocenters. The predicted octanol–water partition coefficient (Wildman–Crippen LogP) is 4.21. The second-order valence-corrected chi connectivity index (χ2v) is 5.44. The van der Waals surface area contributed by atoms with Crippen LogP contribution in [0.5, 0.6) is 0 Å². The van der Waals surface area contributed by atoms with E-state index in [1.165, 1.54) is 18.1 Å². The van der Waals surface area contributed by atoms with E-state index in [1.54, 1.807) is 0 Å². The lowest BCUT2D eigenvalue weighted by Gasteiger charge is -2.33. The molecule has 21 heavy (non-hydrogen) atoms. The van der Waals surface area contributed by atoms with Gasteiger partial charge in [0.15, 0.2) is 5.60 Å². The number of carbonyl (C=O) groups excluding carboxylic acids is 1. The van der Waals surface area contributed by atoms with Gasteiger partial charge in [-0.15, -0.1) is 0 Å².